The lowest BCUT2D eigenvalue weighted by molar-refractivity contribution is -0.123. The minimum absolute atomic E-state index is 0.0466. The van der Waals surface area contributed by atoms with Crippen molar-refractivity contribution in [2.45, 2.75) is 65.5 Å². The number of fused-ring (bicyclic) bond motifs is 1. The maximum Gasteiger partial charge on any atom is 0.293 e. The molecule has 2 aliphatic rings. The third-order valence-corrected chi connectivity index (χ3v) is 7.48. The zero-order chi connectivity index (χ0) is 23.9. The van der Waals surface area contributed by atoms with Crippen LogP contribution in [0, 0.1) is 12.7 Å². The van der Waals surface area contributed by atoms with Crippen molar-refractivity contribution in [3.63, 3.8) is 0 Å². The normalized spacial score (nSPS) is 21.2. The highest BCUT2D eigenvalue weighted by Crippen LogP contribution is 2.45. The molecule has 0 radical (unpaired) electrons. The van der Waals surface area contributed by atoms with E-state index in [1.165, 1.54) is 11.0 Å². The molecule has 2 aromatic carbocycles. The number of hydrogen-bond donors (Lipinski definition) is 0. The van der Waals surface area contributed by atoms with Crippen LogP contribution in [0.4, 0.5) is 14.9 Å². The van der Waals surface area contributed by atoms with E-state index in [0.29, 0.717) is 5.56 Å². The van der Waals surface area contributed by atoms with Crippen LogP contribution in [0.25, 0.3) is 6.08 Å². The summed E-state index contributed by atoms with van der Waals surface area (Å²) in [5, 5.41) is -0.325. The fraction of sp³-hybridized carbons (Fsp3) is 0.407. The van der Waals surface area contributed by atoms with Crippen LogP contribution in [0.15, 0.2) is 41.3 Å². The second kappa shape index (κ2) is 8.98. The fourth-order valence-electron chi connectivity index (χ4n) is 4.93. The molecule has 4 rings (SSSR count). The number of anilines is 1. The van der Waals surface area contributed by atoms with Crippen LogP contribution in [0.1, 0.15) is 68.7 Å². The average Bonchev–Trinajstić information content (AvgIpc) is 3.00. The Morgan fingerprint density at radius 2 is 1.88 bits per heavy atom. The maximum absolute atomic E-state index is 15.2. The highest BCUT2D eigenvalue weighted by atomic mass is 32.2. The summed E-state index contributed by atoms with van der Waals surface area (Å²) in [7, 11) is 0. The minimum Gasteiger partial charge on any atom is -0.366 e. The highest BCUT2D eigenvalue weighted by molar-refractivity contribution is 8.18. The van der Waals surface area contributed by atoms with Crippen molar-refractivity contribution >= 4 is 34.7 Å². The van der Waals surface area contributed by atoms with Gasteiger partial charge in [-0.2, -0.15) is 0 Å². The second-order valence-electron chi connectivity index (χ2n) is 9.76. The van der Waals surface area contributed by atoms with E-state index in [4.69, 9.17) is 0 Å². The summed E-state index contributed by atoms with van der Waals surface area (Å²) in [6, 6.07) is 11.2. The van der Waals surface area contributed by atoms with Crippen molar-refractivity contribution in [2.24, 2.45) is 0 Å². The van der Waals surface area contributed by atoms with Gasteiger partial charge in [0, 0.05) is 23.3 Å². The molecular weight excluding hydrogens is 435 g/mol. The van der Waals surface area contributed by atoms with Gasteiger partial charge in [0.1, 0.15) is 5.82 Å². The first kappa shape index (κ1) is 23.6. The van der Waals surface area contributed by atoms with Gasteiger partial charge in [-0.05, 0) is 80.6 Å². The molecule has 0 aliphatic carbocycles. The Bertz CT molecular complexity index is 1120. The number of carbonyl (C=O) groups excluding carboxylic acids is 2. The predicted octanol–water partition coefficient (Wildman–Crippen LogP) is 6.87. The zero-order valence-electron chi connectivity index (χ0n) is 19.9. The van der Waals surface area contributed by atoms with Crippen molar-refractivity contribution in [3.8, 4) is 0 Å². The van der Waals surface area contributed by atoms with Crippen LogP contribution in [-0.4, -0.2) is 28.1 Å². The van der Waals surface area contributed by atoms with Crippen molar-refractivity contribution < 1.29 is 14.0 Å². The molecule has 4 nitrogen and oxygen atoms in total. The van der Waals surface area contributed by atoms with E-state index in [-0.39, 0.29) is 39.9 Å². The molecule has 2 heterocycles. The molecule has 2 aliphatic heterocycles. The van der Waals surface area contributed by atoms with Crippen LogP contribution in [-0.2, 0) is 11.3 Å². The molecular formula is C27H31FN2O2S. The summed E-state index contributed by atoms with van der Waals surface area (Å²) in [5.41, 5.74) is 4.34. The number of aryl methyl sites for hydroxylation is 1. The molecule has 0 spiro atoms. The lowest BCUT2D eigenvalue weighted by Gasteiger charge is -2.47. The van der Waals surface area contributed by atoms with E-state index in [9.17, 15) is 9.59 Å². The van der Waals surface area contributed by atoms with E-state index in [2.05, 4.69) is 32.6 Å². The molecule has 0 saturated carbocycles. The number of amides is 2. The molecule has 1 unspecified atom stereocenters. The Kier molecular flexibility index (Phi) is 6.41. The van der Waals surface area contributed by atoms with Crippen molar-refractivity contribution in [1.29, 1.82) is 0 Å². The van der Waals surface area contributed by atoms with Gasteiger partial charge in [-0.25, -0.2) is 4.39 Å². The van der Waals surface area contributed by atoms with Crippen molar-refractivity contribution in [3.05, 3.63) is 69.4 Å². The molecule has 0 N–H and O–H groups in total. The number of rotatable bonds is 5. The lowest BCUT2D eigenvalue weighted by Crippen LogP contribution is -2.48. The molecule has 0 aromatic heterocycles. The van der Waals surface area contributed by atoms with Crippen LogP contribution >= 0.6 is 11.8 Å². The van der Waals surface area contributed by atoms with Gasteiger partial charge in [-0.1, -0.05) is 43.7 Å². The maximum atomic E-state index is 15.2. The first-order valence-corrected chi connectivity index (χ1v) is 12.3. The number of hydrogen-bond acceptors (Lipinski definition) is 4. The smallest absolute Gasteiger partial charge is 0.293 e. The number of halogens is 1. The number of carbonyl (C=O) groups is 2. The second-order valence-corrected chi connectivity index (χ2v) is 10.7. The Hall–Kier alpha value is -2.60. The molecule has 174 valence electrons. The summed E-state index contributed by atoms with van der Waals surface area (Å²) in [4.78, 5) is 29.3. The van der Waals surface area contributed by atoms with Crippen LogP contribution in [0.3, 0.4) is 0 Å². The molecule has 33 heavy (non-hydrogen) atoms. The monoisotopic (exact) mass is 466 g/mol. The van der Waals surface area contributed by atoms with Crippen LogP contribution in [0.2, 0.25) is 0 Å². The lowest BCUT2D eigenvalue weighted by atomic mass is 9.79. The van der Waals surface area contributed by atoms with Gasteiger partial charge in [0.2, 0.25) is 0 Å². The van der Waals surface area contributed by atoms with Gasteiger partial charge < -0.3 is 4.90 Å². The fourth-order valence-corrected chi connectivity index (χ4v) is 5.76. The van der Waals surface area contributed by atoms with Crippen molar-refractivity contribution in [2.75, 3.05) is 11.4 Å². The summed E-state index contributed by atoms with van der Waals surface area (Å²) >= 11 is 0.876. The molecule has 0 bridgehead atoms. The molecule has 6 heteroatoms. The number of thioether (sulfide) groups is 1. The van der Waals surface area contributed by atoms with Gasteiger partial charge in [0.15, 0.2) is 0 Å². The molecule has 1 fully saturated rings. The Morgan fingerprint density at radius 1 is 1.18 bits per heavy atom. The first-order chi connectivity index (χ1) is 15.6. The molecule has 1 saturated heterocycles. The van der Waals surface area contributed by atoms with Crippen molar-refractivity contribution in [1.82, 2.24) is 4.90 Å². The van der Waals surface area contributed by atoms with Gasteiger partial charge in [0.05, 0.1) is 11.4 Å². The van der Waals surface area contributed by atoms with Gasteiger partial charge >= 0.3 is 0 Å². The Labute approximate surface area is 199 Å². The van der Waals surface area contributed by atoms with E-state index in [1.54, 1.807) is 6.07 Å². The Balaban J connectivity index is 1.64. The highest BCUT2D eigenvalue weighted by Gasteiger charge is 2.38. The summed E-state index contributed by atoms with van der Waals surface area (Å²) in [6.07, 6.45) is 3.49. The number of imide groups is 1. The van der Waals surface area contributed by atoms with Gasteiger partial charge in [-0.15, -0.1) is 0 Å². The summed E-state index contributed by atoms with van der Waals surface area (Å²) in [6.45, 7) is 11.8. The topological polar surface area (TPSA) is 40.6 Å². The largest absolute Gasteiger partial charge is 0.366 e. The molecule has 2 aromatic rings. The van der Waals surface area contributed by atoms with E-state index in [0.717, 1.165) is 53.5 Å². The van der Waals surface area contributed by atoms with E-state index >= 15 is 4.39 Å². The number of nitrogens with zero attached hydrogens (tertiary/aromatic N) is 2. The van der Waals surface area contributed by atoms with E-state index in [1.807, 2.05) is 37.3 Å². The number of benzene rings is 2. The minimum atomic E-state index is -0.371. The van der Waals surface area contributed by atoms with Crippen LogP contribution in [0.5, 0.6) is 0 Å². The molecule has 2 amide bonds. The Morgan fingerprint density at radius 3 is 2.55 bits per heavy atom. The average molecular weight is 467 g/mol. The van der Waals surface area contributed by atoms with Gasteiger partial charge in [0.25, 0.3) is 11.1 Å². The summed E-state index contributed by atoms with van der Waals surface area (Å²) in [5.74, 6) is -0.470. The zero-order valence-corrected chi connectivity index (χ0v) is 20.8. The SMILES string of the molecule is CCCN1c2cc(F)c(/C=C3/SC(=O)N(Cc4ccc(C)cc4)C3=O)cc2C(C)CC1(C)C. The van der Waals surface area contributed by atoms with E-state index < -0.39 is 0 Å². The molecule has 1 atom stereocenters. The standard InChI is InChI=1S/C27H31FN2O2S/c1-6-11-30-23-14-22(28)20(12-21(23)18(3)15-27(30,4)5)13-24-25(31)29(26(32)33-24)16-19-9-7-17(2)8-10-19/h7-10,12-14,18H,6,11,15-16H2,1-5H3/b24-13+. The summed E-state index contributed by atoms with van der Waals surface area (Å²) < 4.78 is 15.2. The first-order valence-electron chi connectivity index (χ1n) is 11.5. The quantitative estimate of drug-likeness (QED) is 0.451. The van der Waals surface area contributed by atoms with Crippen LogP contribution < -0.4 is 4.90 Å². The third kappa shape index (κ3) is 4.58. The third-order valence-electron chi connectivity index (χ3n) is 6.57. The predicted molar refractivity (Wildman–Crippen MR) is 134 cm³/mol. The van der Waals surface area contributed by atoms with Gasteiger partial charge in [-0.3, -0.25) is 14.5 Å².